The molecule has 1 fully saturated rings. The zero-order chi connectivity index (χ0) is 25.7. The second-order valence-electron chi connectivity index (χ2n) is 8.96. The first kappa shape index (κ1) is 25.4. The highest BCUT2D eigenvalue weighted by molar-refractivity contribution is 7.89. The number of anilines is 1. The van der Waals surface area contributed by atoms with Crippen LogP contribution in [-0.2, 0) is 16.4 Å². The average molecular weight is 512 g/mol. The second kappa shape index (κ2) is 10.9. The summed E-state index contributed by atoms with van der Waals surface area (Å²) in [5, 5.41) is 11.0. The lowest BCUT2D eigenvalue weighted by Crippen LogP contribution is -2.40. The Morgan fingerprint density at radius 3 is 2.25 bits per heavy atom. The van der Waals surface area contributed by atoms with Gasteiger partial charge in [0.05, 0.1) is 4.90 Å². The summed E-state index contributed by atoms with van der Waals surface area (Å²) in [5.74, 6) is -0.0589. The lowest BCUT2D eigenvalue weighted by Gasteiger charge is -2.29. The largest absolute Gasteiger partial charge is 0.378 e. The van der Waals surface area contributed by atoms with Crippen LogP contribution in [0, 0.1) is 0 Å². The van der Waals surface area contributed by atoms with E-state index < -0.39 is 27.2 Å². The van der Waals surface area contributed by atoms with Crippen molar-refractivity contribution in [1.82, 2.24) is 15.3 Å². The molecule has 11 heteroatoms. The highest BCUT2D eigenvalue weighted by Crippen LogP contribution is 2.32. The maximum atomic E-state index is 13.0. The number of hydrogen-bond acceptors (Lipinski definition) is 6. The third-order valence-electron chi connectivity index (χ3n) is 6.47. The molecule has 1 saturated carbocycles. The van der Waals surface area contributed by atoms with Crippen molar-refractivity contribution in [3.05, 3.63) is 92.3 Å². The van der Waals surface area contributed by atoms with Crippen molar-refractivity contribution in [3.63, 3.8) is 0 Å². The van der Waals surface area contributed by atoms with Gasteiger partial charge in [-0.2, -0.15) is 0 Å². The molecule has 10 nitrogen and oxygen atoms in total. The molecule has 4 rings (SSSR count). The Morgan fingerprint density at radius 1 is 0.944 bits per heavy atom. The molecular formula is C25H29N5O5S. The third-order valence-corrected chi connectivity index (χ3v) is 7.40. The van der Waals surface area contributed by atoms with Crippen LogP contribution in [0.25, 0.3) is 0 Å². The lowest BCUT2D eigenvalue weighted by molar-refractivity contribution is 0.0921. The van der Waals surface area contributed by atoms with Crippen molar-refractivity contribution in [3.8, 4) is 0 Å². The summed E-state index contributed by atoms with van der Waals surface area (Å²) in [5.41, 5.74) is 0.511. The molecule has 3 aromatic rings. The van der Waals surface area contributed by atoms with Crippen molar-refractivity contribution < 1.29 is 13.2 Å². The van der Waals surface area contributed by atoms with Crippen LogP contribution < -0.4 is 27.0 Å². The van der Waals surface area contributed by atoms with E-state index in [0.717, 1.165) is 31.2 Å². The van der Waals surface area contributed by atoms with Gasteiger partial charge < -0.3 is 15.6 Å². The molecule has 0 aliphatic heterocycles. The molecule has 1 aliphatic rings. The fourth-order valence-corrected chi connectivity index (χ4v) is 5.07. The van der Waals surface area contributed by atoms with Gasteiger partial charge in [0.25, 0.3) is 11.5 Å². The second-order valence-corrected chi connectivity index (χ2v) is 10.5. The number of aromatic nitrogens is 2. The molecule has 0 saturated heterocycles. The SMILES string of the molecule is NS(=O)(=O)c1ccc(CCNc2c(C(=O)N[C@H]3CC[C@@H](c4ccccc4)CC3)[nH]c(=O)[nH]c2=O)cc1. The van der Waals surface area contributed by atoms with Gasteiger partial charge in [0.15, 0.2) is 0 Å². The number of sulfonamides is 1. The predicted octanol–water partition coefficient (Wildman–Crippen LogP) is 1.82. The van der Waals surface area contributed by atoms with Crippen LogP contribution in [0.2, 0.25) is 0 Å². The van der Waals surface area contributed by atoms with E-state index >= 15 is 0 Å². The number of aromatic amines is 2. The van der Waals surface area contributed by atoms with Gasteiger partial charge in [0.1, 0.15) is 11.4 Å². The summed E-state index contributed by atoms with van der Waals surface area (Å²) in [4.78, 5) is 42.0. The maximum absolute atomic E-state index is 13.0. The Balaban J connectivity index is 1.38. The minimum absolute atomic E-state index is 0.00745. The molecule has 0 atom stereocenters. The number of benzene rings is 2. The Labute approximate surface area is 208 Å². The number of carbonyl (C=O) groups is 1. The first-order chi connectivity index (χ1) is 17.2. The molecule has 0 bridgehead atoms. The molecule has 6 N–H and O–H groups in total. The van der Waals surface area contributed by atoms with Crippen molar-refractivity contribution in [2.24, 2.45) is 5.14 Å². The summed E-state index contributed by atoms with van der Waals surface area (Å²) < 4.78 is 22.8. The van der Waals surface area contributed by atoms with Crippen LogP contribution in [0.5, 0.6) is 0 Å². The molecule has 2 aromatic carbocycles. The highest BCUT2D eigenvalue weighted by Gasteiger charge is 2.25. The Hall–Kier alpha value is -3.70. The summed E-state index contributed by atoms with van der Waals surface area (Å²) in [6.07, 6.45) is 3.92. The number of nitrogens with one attached hydrogen (secondary N) is 4. The summed E-state index contributed by atoms with van der Waals surface area (Å²) in [7, 11) is -3.78. The fraction of sp³-hybridized carbons (Fsp3) is 0.320. The van der Waals surface area contributed by atoms with Crippen molar-refractivity contribution in [2.75, 3.05) is 11.9 Å². The van der Waals surface area contributed by atoms with Gasteiger partial charge in [0, 0.05) is 12.6 Å². The maximum Gasteiger partial charge on any atom is 0.326 e. The normalized spacial score (nSPS) is 17.9. The molecule has 1 amide bonds. The number of H-pyrrole nitrogens is 2. The molecule has 0 radical (unpaired) electrons. The number of rotatable bonds is 8. The monoisotopic (exact) mass is 511 g/mol. The van der Waals surface area contributed by atoms with E-state index in [-0.39, 0.29) is 28.9 Å². The predicted molar refractivity (Wildman–Crippen MR) is 137 cm³/mol. The molecule has 190 valence electrons. The van der Waals surface area contributed by atoms with Gasteiger partial charge in [-0.25, -0.2) is 18.4 Å². The molecule has 1 aromatic heterocycles. The van der Waals surface area contributed by atoms with E-state index in [2.05, 4.69) is 32.7 Å². The average Bonchev–Trinajstić information content (AvgIpc) is 2.86. The number of hydrogen-bond donors (Lipinski definition) is 5. The lowest BCUT2D eigenvalue weighted by atomic mass is 9.82. The minimum Gasteiger partial charge on any atom is -0.378 e. The van der Waals surface area contributed by atoms with Crippen molar-refractivity contribution in [2.45, 2.75) is 49.0 Å². The topological polar surface area (TPSA) is 167 Å². The number of carbonyl (C=O) groups excluding carboxylic acids is 1. The smallest absolute Gasteiger partial charge is 0.326 e. The van der Waals surface area contributed by atoms with Crippen LogP contribution in [-0.4, -0.2) is 36.9 Å². The standard InChI is InChI=1S/C25H29N5O5S/c26-36(34,35)20-12-6-16(7-13-20)14-15-27-21-22(29-25(33)30-23(21)31)24(32)28-19-10-8-18(9-11-19)17-4-2-1-3-5-17/h1-7,12-13,18-19,27H,8-11,14-15H2,(H,28,32)(H2,26,34,35)(H2,29,30,31,33)/t18-,19+. The summed E-state index contributed by atoms with van der Waals surface area (Å²) in [6.45, 7) is 0.270. The molecule has 1 heterocycles. The number of primary sulfonamides is 1. The van der Waals surface area contributed by atoms with E-state index in [1.165, 1.54) is 17.7 Å². The first-order valence-corrected chi connectivity index (χ1v) is 13.3. The number of nitrogens with two attached hydrogens (primary N) is 1. The Kier molecular flexibility index (Phi) is 7.70. The van der Waals surface area contributed by atoms with Gasteiger partial charge in [-0.15, -0.1) is 0 Å². The Morgan fingerprint density at radius 2 is 1.61 bits per heavy atom. The van der Waals surface area contributed by atoms with E-state index in [4.69, 9.17) is 5.14 Å². The van der Waals surface area contributed by atoms with Gasteiger partial charge in [0.2, 0.25) is 10.0 Å². The van der Waals surface area contributed by atoms with Gasteiger partial charge >= 0.3 is 5.69 Å². The van der Waals surface area contributed by atoms with Crippen molar-refractivity contribution in [1.29, 1.82) is 0 Å². The summed E-state index contributed by atoms with van der Waals surface area (Å²) in [6, 6.07) is 16.3. The van der Waals surface area contributed by atoms with Crippen LogP contribution in [0.3, 0.4) is 0 Å². The van der Waals surface area contributed by atoms with E-state index in [1.807, 2.05) is 18.2 Å². The van der Waals surface area contributed by atoms with E-state index in [0.29, 0.717) is 12.3 Å². The molecule has 0 spiro atoms. The van der Waals surface area contributed by atoms with Crippen LogP contribution in [0.4, 0.5) is 5.69 Å². The van der Waals surface area contributed by atoms with Gasteiger partial charge in [-0.1, -0.05) is 42.5 Å². The fourth-order valence-electron chi connectivity index (χ4n) is 4.56. The number of amides is 1. The van der Waals surface area contributed by atoms with Crippen LogP contribution in [0.15, 0.2) is 69.1 Å². The van der Waals surface area contributed by atoms with Crippen LogP contribution in [0.1, 0.15) is 53.2 Å². The highest BCUT2D eigenvalue weighted by atomic mass is 32.2. The molecule has 1 aliphatic carbocycles. The zero-order valence-electron chi connectivity index (χ0n) is 19.6. The van der Waals surface area contributed by atoms with E-state index in [1.54, 1.807) is 12.1 Å². The third kappa shape index (κ3) is 6.29. The minimum atomic E-state index is -3.78. The molecule has 36 heavy (non-hydrogen) atoms. The van der Waals surface area contributed by atoms with E-state index in [9.17, 15) is 22.8 Å². The first-order valence-electron chi connectivity index (χ1n) is 11.8. The quantitative estimate of drug-likeness (QED) is 0.309. The summed E-state index contributed by atoms with van der Waals surface area (Å²) >= 11 is 0. The van der Waals surface area contributed by atoms with Gasteiger partial charge in [-0.05, 0) is 61.3 Å². The van der Waals surface area contributed by atoms with Crippen molar-refractivity contribution >= 4 is 21.6 Å². The Bertz CT molecular complexity index is 1420. The zero-order valence-corrected chi connectivity index (χ0v) is 20.4. The molecule has 0 unspecified atom stereocenters. The van der Waals surface area contributed by atoms with Crippen LogP contribution >= 0.6 is 0 Å². The molecular weight excluding hydrogens is 482 g/mol. The van der Waals surface area contributed by atoms with Gasteiger partial charge in [-0.3, -0.25) is 14.6 Å².